The van der Waals surface area contributed by atoms with Gasteiger partial charge in [0.05, 0.1) is 18.2 Å². The first-order valence-corrected chi connectivity index (χ1v) is 5.59. The van der Waals surface area contributed by atoms with Crippen LogP contribution in [0.15, 0.2) is 24.3 Å². The lowest BCUT2D eigenvalue weighted by Crippen LogP contribution is -2.34. The lowest BCUT2D eigenvalue weighted by molar-refractivity contribution is -0.177. The number of carbonyl (C=O) groups excluding carboxylic acids is 2. The lowest BCUT2D eigenvalue weighted by Gasteiger charge is -2.16. The highest BCUT2D eigenvalue weighted by atomic mass is 19.4. The van der Waals surface area contributed by atoms with Crippen molar-refractivity contribution in [3.05, 3.63) is 35.4 Å². The van der Waals surface area contributed by atoms with Gasteiger partial charge >= 0.3 is 12.1 Å². The van der Waals surface area contributed by atoms with E-state index in [4.69, 9.17) is 5.26 Å². The van der Waals surface area contributed by atoms with E-state index in [1.165, 1.54) is 19.1 Å². The molecule has 106 valence electrons. The zero-order chi connectivity index (χ0) is 15.3. The molecule has 0 aliphatic rings. The number of esters is 1. The standard InChI is InChI=1S/C13H10F3NO3/c1-2-20-12(19)10(11(18)13(14,15)16)9-5-3-8(7-17)4-6-9/h3-6,10H,2H2,1H3. The summed E-state index contributed by atoms with van der Waals surface area (Å²) in [7, 11) is 0. The number of nitriles is 1. The van der Waals surface area contributed by atoms with Crippen molar-refractivity contribution in [1.82, 2.24) is 0 Å². The van der Waals surface area contributed by atoms with E-state index in [1.54, 1.807) is 6.07 Å². The minimum Gasteiger partial charge on any atom is -0.465 e. The summed E-state index contributed by atoms with van der Waals surface area (Å²) in [5, 5.41) is 8.61. The van der Waals surface area contributed by atoms with E-state index in [9.17, 15) is 22.8 Å². The SMILES string of the molecule is CCOC(=O)C(C(=O)C(F)(F)F)c1ccc(C#N)cc1. The predicted molar refractivity (Wildman–Crippen MR) is 61.6 cm³/mol. The zero-order valence-electron chi connectivity index (χ0n) is 10.4. The Morgan fingerprint density at radius 2 is 1.85 bits per heavy atom. The molecule has 0 radical (unpaired) electrons. The number of ether oxygens (including phenoxy) is 1. The first-order chi connectivity index (χ1) is 9.31. The summed E-state index contributed by atoms with van der Waals surface area (Å²) in [5.74, 6) is -5.53. The van der Waals surface area contributed by atoms with Gasteiger partial charge in [0.1, 0.15) is 5.92 Å². The highest BCUT2D eigenvalue weighted by Gasteiger charge is 2.47. The Hall–Kier alpha value is -2.36. The molecule has 0 saturated carbocycles. The van der Waals surface area contributed by atoms with Crippen molar-refractivity contribution in [1.29, 1.82) is 5.26 Å². The quantitative estimate of drug-likeness (QED) is 0.629. The Bertz CT molecular complexity index is 543. The van der Waals surface area contributed by atoms with E-state index < -0.39 is 23.8 Å². The Kier molecular flexibility index (Phi) is 4.86. The van der Waals surface area contributed by atoms with Gasteiger partial charge in [-0.05, 0) is 24.6 Å². The van der Waals surface area contributed by atoms with Crippen LogP contribution < -0.4 is 0 Å². The van der Waals surface area contributed by atoms with Gasteiger partial charge in [0.2, 0.25) is 0 Å². The summed E-state index contributed by atoms with van der Waals surface area (Å²) in [6.07, 6.45) is -5.15. The molecule has 4 nitrogen and oxygen atoms in total. The fourth-order valence-electron chi connectivity index (χ4n) is 1.53. The van der Waals surface area contributed by atoms with Crippen LogP contribution in [0.1, 0.15) is 24.0 Å². The van der Waals surface area contributed by atoms with Crippen LogP contribution in [-0.4, -0.2) is 24.5 Å². The smallest absolute Gasteiger partial charge is 0.451 e. The first kappa shape index (κ1) is 15.7. The number of rotatable bonds is 4. The van der Waals surface area contributed by atoms with Crippen LogP contribution in [0.25, 0.3) is 0 Å². The molecule has 1 aromatic rings. The van der Waals surface area contributed by atoms with E-state index in [0.717, 1.165) is 12.1 Å². The van der Waals surface area contributed by atoms with Gasteiger partial charge in [-0.3, -0.25) is 9.59 Å². The highest BCUT2D eigenvalue weighted by molar-refractivity contribution is 6.07. The molecule has 20 heavy (non-hydrogen) atoms. The van der Waals surface area contributed by atoms with E-state index in [0.29, 0.717) is 0 Å². The van der Waals surface area contributed by atoms with Crippen molar-refractivity contribution in [3.63, 3.8) is 0 Å². The number of hydrogen-bond donors (Lipinski definition) is 0. The Balaban J connectivity index is 3.19. The molecule has 0 amide bonds. The number of halogens is 3. The van der Waals surface area contributed by atoms with E-state index in [-0.39, 0.29) is 17.7 Å². The number of carbonyl (C=O) groups is 2. The van der Waals surface area contributed by atoms with Crippen LogP contribution in [-0.2, 0) is 14.3 Å². The molecule has 0 saturated heterocycles. The number of Topliss-reactive ketones (excluding diaryl/α,β-unsaturated/α-hetero) is 1. The van der Waals surface area contributed by atoms with Gasteiger partial charge in [0, 0.05) is 0 Å². The van der Waals surface area contributed by atoms with Gasteiger partial charge in [-0.15, -0.1) is 0 Å². The molecular weight excluding hydrogens is 275 g/mol. The molecular formula is C13H10F3NO3. The molecule has 0 aromatic heterocycles. The first-order valence-electron chi connectivity index (χ1n) is 5.59. The molecule has 1 rings (SSSR count). The maximum absolute atomic E-state index is 12.5. The Labute approximate surface area is 112 Å². The molecule has 7 heteroatoms. The summed E-state index contributed by atoms with van der Waals surface area (Å²) < 4.78 is 42.1. The van der Waals surface area contributed by atoms with Crippen LogP contribution in [0.5, 0.6) is 0 Å². The van der Waals surface area contributed by atoms with Crippen molar-refractivity contribution in [2.45, 2.75) is 19.0 Å². The fraction of sp³-hybridized carbons (Fsp3) is 0.308. The minimum atomic E-state index is -5.15. The molecule has 1 unspecified atom stereocenters. The fourth-order valence-corrected chi connectivity index (χ4v) is 1.53. The van der Waals surface area contributed by atoms with Crippen LogP contribution in [0.2, 0.25) is 0 Å². The molecule has 0 spiro atoms. The van der Waals surface area contributed by atoms with Gasteiger partial charge in [-0.25, -0.2) is 0 Å². The average molecular weight is 285 g/mol. The lowest BCUT2D eigenvalue weighted by atomic mass is 9.93. The van der Waals surface area contributed by atoms with E-state index >= 15 is 0 Å². The third kappa shape index (κ3) is 3.57. The van der Waals surface area contributed by atoms with Crippen LogP contribution in [0, 0.1) is 11.3 Å². The summed E-state index contributed by atoms with van der Waals surface area (Å²) >= 11 is 0. The van der Waals surface area contributed by atoms with Gasteiger partial charge in [0.15, 0.2) is 0 Å². The van der Waals surface area contributed by atoms with Crippen LogP contribution >= 0.6 is 0 Å². The zero-order valence-corrected chi connectivity index (χ0v) is 10.4. The van der Waals surface area contributed by atoms with Crippen molar-refractivity contribution in [3.8, 4) is 6.07 Å². The predicted octanol–water partition coefficient (Wildman–Crippen LogP) is 2.34. The topological polar surface area (TPSA) is 67.2 Å². The number of alkyl halides is 3. The largest absolute Gasteiger partial charge is 0.465 e. The Morgan fingerprint density at radius 1 is 1.30 bits per heavy atom. The van der Waals surface area contributed by atoms with Crippen molar-refractivity contribution >= 4 is 11.8 Å². The monoisotopic (exact) mass is 285 g/mol. The molecule has 0 heterocycles. The van der Waals surface area contributed by atoms with E-state index in [2.05, 4.69) is 4.74 Å². The average Bonchev–Trinajstić information content (AvgIpc) is 2.39. The Morgan fingerprint density at radius 3 is 2.25 bits per heavy atom. The second-order valence-electron chi connectivity index (χ2n) is 3.78. The minimum absolute atomic E-state index is 0.142. The third-order valence-corrected chi connectivity index (χ3v) is 2.44. The summed E-state index contributed by atoms with van der Waals surface area (Å²) in [4.78, 5) is 22.9. The van der Waals surface area contributed by atoms with E-state index in [1.807, 2.05) is 0 Å². The van der Waals surface area contributed by atoms with Gasteiger partial charge in [-0.1, -0.05) is 12.1 Å². The normalized spacial score (nSPS) is 12.3. The summed E-state index contributed by atoms with van der Waals surface area (Å²) in [6, 6.07) is 6.50. The highest BCUT2D eigenvalue weighted by Crippen LogP contribution is 2.29. The van der Waals surface area contributed by atoms with Crippen LogP contribution in [0.4, 0.5) is 13.2 Å². The second kappa shape index (κ2) is 6.19. The second-order valence-corrected chi connectivity index (χ2v) is 3.78. The summed E-state index contributed by atoms with van der Waals surface area (Å²) in [5.41, 5.74) is 0.0422. The van der Waals surface area contributed by atoms with Gasteiger partial charge in [-0.2, -0.15) is 18.4 Å². The van der Waals surface area contributed by atoms with Crippen molar-refractivity contribution in [2.24, 2.45) is 0 Å². The van der Waals surface area contributed by atoms with Gasteiger partial charge < -0.3 is 4.74 Å². The molecule has 0 aliphatic heterocycles. The molecule has 1 aromatic carbocycles. The van der Waals surface area contributed by atoms with Crippen molar-refractivity contribution < 1.29 is 27.5 Å². The van der Waals surface area contributed by atoms with Gasteiger partial charge in [0.25, 0.3) is 5.78 Å². The number of hydrogen-bond acceptors (Lipinski definition) is 4. The molecule has 0 aliphatic carbocycles. The third-order valence-electron chi connectivity index (χ3n) is 2.44. The maximum atomic E-state index is 12.5. The van der Waals surface area contributed by atoms with Crippen LogP contribution in [0.3, 0.4) is 0 Å². The summed E-state index contributed by atoms with van der Waals surface area (Å²) in [6.45, 7) is 1.28. The van der Waals surface area contributed by atoms with Crippen molar-refractivity contribution in [2.75, 3.05) is 6.61 Å². The number of ketones is 1. The number of nitrogens with zero attached hydrogens (tertiary/aromatic N) is 1. The number of benzene rings is 1. The maximum Gasteiger partial charge on any atom is 0.451 e. The molecule has 0 N–H and O–H groups in total. The molecule has 0 fully saturated rings. The molecule has 0 bridgehead atoms. The molecule has 1 atom stereocenters.